The molecule has 0 amide bonds. The monoisotopic (exact) mass is 1070 g/mol. The molecule has 0 aromatic carbocycles. The Hall–Kier alpha value is -3.67. The van der Waals surface area contributed by atoms with Crippen molar-refractivity contribution in [1.29, 1.82) is 0 Å². The summed E-state index contributed by atoms with van der Waals surface area (Å²) in [5, 5.41) is 0. The van der Waals surface area contributed by atoms with Crippen LogP contribution in [0, 0.1) is 0 Å². The first-order valence-corrected chi connectivity index (χ1v) is 32.7. The van der Waals surface area contributed by atoms with E-state index in [0.29, 0.717) is 19.3 Å². The van der Waals surface area contributed by atoms with E-state index < -0.39 is 6.10 Å². The van der Waals surface area contributed by atoms with Crippen LogP contribution >= 0.6 is 0 Å². The van der Waals surface area contributed by atoms with Crippen LogP contribution in [0.4, 0.5) is 0 Å². The van der Waals surface area contributed by atoms with Crippen molar-refractivity contribution < 1.29 is 28.6 Å². The molecule has 0 saturated heterocycles. The Labute approximate surface area is 477 Å². The van der Waals surface area contributed by atoms with E-state index in [1.165, 1.54) is 154 Å². The number of esters is 3. The van der Waals surface area contributed by atoms with Gasteiger partial charge in [0, 0.05) is 19.3 Å². The van der Waals surface area contributed by atoms with Crippen LogP contribution in [0.5, 0.6) is 0 Å². The molecule has 0 fully saturated rings. The maximum Gasteiger partial charge on any atom is 0.306 e. The van der Waals surface area contributed by atoms with Gasteiger partial charge in [0.15, 0.2) is 6.10 Å². The molecule has 442 valence electrons. The normalized spacial score (nSPS) is 12.7. The third kappa shape index (κ3) is 63.0. The molecule has 0 aliphatic rings. The summed E-state index contributed by atoms with van der Waals surface area (Å²) in [5.41, 5.74) is 0. The van der Waals surface area contributed by atoms with Gasteiger partial charge in [-0.25, -0.2) is 0 Å². The third-order valence-electron chi connectivity index (χ3n) is 14.1. The summed E-state index contributed by atoms with van der Waals surface area (Å²) in [6.07, 6.45) is 86.9. The van der Waals surface area contributed by atoms with Crippen molar-refractivity contribution in [1.82, 2.24) is 0 Å². The molecular weight excluding hydrogens is 949 g/mol. The zero-order chi connectivity index (χ0) is 55.7. The van der Waals surface area contributed by atoms with Crippen molar-refractivity contribution in [3.05, 3.63) is 97.2 Å². The van der Waals surface area contributed by atoms with Crippen LogP contribution in [-0.2, 0) is 28.6 Å². The minimum atomic E-state index is -0.788. The minimum absolute atomic E-state index is 0.0820. The molecule has 1 atom stereocenters. The summed E-state index contributed by atoms with van der Waals surface area (Å²) < 4.78 is 17.0. The van der Waals surface area contributed by atoms with Gasteiger partial charge in [-0.05, 0) is 96.3 Å². The molecule has 0 heterocycles. The highest BCUT2D eigenvalue weighted by Gasteiger charge is 2.19. The van der Waals surface area contributed by atoms with E-state index in [-0.39, 0.29) is 31.1 Å². The predicted octanol–water partition coefficient (Wildman–Crippen LogP) is 22.4. The Morgan fingerprint density at radius 3 is 0.792 bits per heavy atom. The van der Waals surface area contributed by atoms with Gasteiger partial charge in [0.25, 0.3) is 0 Å². The molecule has 0 N–H and O–H groups in total. The molecule has 0 aromatic heterocycles. The number of allylic oxidation sites excluding steroid dienone is 16. The highest BCUT2D eigenvalue weighted by molar-refractivity contribution is 5.71. The lowest BCUT2D eigenvalue weighted by Gasteiger charge is -2.18. The molecule has 6 nitrogen and oxygen atoms in total. The first kappa shape index (κ1) is 73.3. The number of carbonyl (C=O) groups excluding carboxylic acids is 3. The molecule has 0 radical (unpaired) electrons. The third-order valence-corrected chi connectivity index (χ3v) is 14.1. The van der Waals surface area contributed by atoms with E-state index in [1.54, 1.807) is 0 Å². The lowest BCUT2D eigenvalue weighted by Crippen LogP contribution is -2.30. The van der Waals surface area contributed by atoms with Crippen molar-refractivity contribution in [3.63, 3.8) is 0 Å². The SMILES string of the molecule is CC/C=C\C/C=C\C/C=C\C/C=C\CCCCCCCCCCCCC(=O)OCC(COC(=O)CCCCCCCCCCCCCCCCCCC)OC(=O)CCCCCCCC/C=C\C/C=C\C/C=C\C/C=C\CC. The number of hydrogen-bond acceptors (Lipinski definition) is 6. The van der Waals surface area contributed by atoms with Gasteiger partial charge in [-0.3, -0.25) is 14.4 Å². The van der Waals surface area contributed by atoms with Crippen LogP contribution in [0.2, 0.25) is 0 Å². The standard InChI is InChI=1S/C71H122O6/c1-4-7-10-13-16-19-22-25-28-31-33-34-35-36-38-40-43-46-49-52-55-58-61-64-70(73)76-67-68(66-75-69(72)63-60-57-54-51-48-45-42-39-30-27-24-21-18-15-12-9-6-3)77-71(74)65-62-59-56-53-50-47-44-41-37-32-29-26-23-20-17-14-11-8-5-2/h7-8,10-11,16-17,19-20,25-26,28-29,33-34,37,41,68H,4-6,9,12-15,18,21-24,27,30-32,35-36,38-40,42-67H2,1-3H3/b10-7-,11-8-,19-16-,20-17-,28-25-,29-26-,34-33-,41-37-. The quantitative estimate of drug-likeness (QED) is 0.0261. The molecule has 0 aliphatic heterocycles. The summed E-state index contributed by atoms with van der Waals surface area (Å²) in [7, 11) is 0. The van der Waals surface area contributed by atoms with Crippen LogP contribution in [0.15, 0.2) is 97.2 Å². The van der Waals surface area contributed by atoms with Crippen molar-refractivity contribution in [2.75, 3.05) is 13.2 Å². The zero-order valence-corrected chi connectivity index (χ0v) is 50.7. The smallest absolute Gasteiger partial charge is 0.306 e. The van der Waals surface area contributed by atoms with Gasteiger partial charge in [0.05, 0.1) is 0 Å². The Balaban J connectivity index is 4.39. The first-order chi connectivity index (χ1) is 38.0. The maximum atomic E-state index is 12.9. The molecule has 6 heteroatoms. The Morgan fingerprint density at radius 2 is 0.506 bits per heavy atom. The molecule has 0 aromatic rings. The lowest BCUT2D eigenvalue weighted by molar-refractivity contribution is -0.167. The zero-order valence-electron chi connectivity index (χ0n) is 50.7. The molecule has 0 bridgehead atoms. The van der Waals surface area contributed by atoms with Gasteiger partial charge in [0.1, 0.15) is 13.2 Å². The second kappa shape index (κ2) is 64.9. The number of unbranched alkanes of at least 4 members (excludes halogenated alkanes) is 32. The van der Waals surface area contributed by atoms with E-state index >= 15 is 0 Å². The fourth-order valence-corrected chi connectivity index (χ4v) is 9.25. The maximum absolute atomic E-state index is 12.9. The van der Waals surface area contributed by atoms with E-state index in [9.17, 15) is 14.4 Å². The van der Waals surface area contributed by atoms with Gasteiger partial charge in [-0.2, -0.15) is 0 Å². The second-order valence-electron chi connectivity index (χ2n) is 21.6. The Morgan fingerprint density at radius 1 is 0.273 bits per heavy atom. The Bertz CT molecular complexity index is 1510. The van der Waals surface area contributed by atoms with Crippen molar-refractivity contribution in [2.45, 2.75) is 322 Å². The summed E-state index contributed by atoms with van der Waals surface area (Å²) in [6.45, 7) is 6.44. The molecule has 0 rings (SSSR count). The van der Waals surface area contributed by atoms with E-state index in [4.69, 9.17) is 14.2 Å². The molecule has 1 unspecified atom stereocenters. The number of carbonyl (C=O) groups is 3. The van der Waals surface area contributed by atoms with Gasteiger partial charge >= 0.3 is 17.9 Å². The molecule has 0 aliphatic carbocycles. The fourth-order valence-electron chi connectivity index (χ4n) is 9.25. The lowest BCUT2D eigenvalue weighted by atomic mass is 10.0. The predicted molar refractivity (Wildman–Crippen MR) is 334 cm³/mol. The summed E-state index contributed by atoms with van der Waals surface area (Å²) in [4.78, 5) is 38.4. The molecule has 0 spiro atoms. The average molecular weight is 1070 g/mol. The number of rotatable bonds is 59. The molecule has 0 saturated carbocycles. The van der Waals surface area contributed by atoms with Crippen LogP contribution in [0.25, 0.3) is 0 Å². The largest absolute Gasteiger partial charge is 0.462 e. The summed E-state index contributed by atoms with van der Waals surface area (Å²) in [5.74, 6) is -0.886. The molecular formula is C71H122O6. The highest BCUT2D eigenvalue weighted by Crippen LogP contribution is 2.17. The van der Waals surface area contributed by atoms with Crippen LogP contribution < -0.4 is 0 Å². The van der Waals surface area contributed by atoms with Gasteiger partial charge in [0.2, 0.25) is 0 Å². The van der Waals surface area contributed by atoms with Gasteiger partial charge in [-0.1, -0.05) is 298 Å². The van der Waals surface area contributed by atoms with E-state index in [0.717, 1.165) is 122 Å². The summed E-state index contributed by atoms with van der Waals surface area (Å²) in [6, 6.07) is 0. The van der Waals surface area contributed by atoms with Gasteiger partial charge < -0.3 is 14.2 Å². The fraction of sp³-hybridized carbons (Fsp3) is 0.732. The highest BCUT2D eigenvalue weighted by atomic mass is 16.6. The van der Waals surface area contributed by atoms with Crippen LogP contribution in [-0.4, -0.2) is 37.2 Å². The van der Waals surface area contributed by atoms with Gasteiger partial charge in [-0.15, -0.1) is 0 Å². The minimum Gasteiger partial charge on any atom is -0.462 e. The number of ether oxygens (including phenoxy) is 3. The van der Waals surface area contributed by atoms with Crippen LogP contribution in [0.3, 0.4) is 0 Å². The Kier molecular flexibility index (Phi) is 61.8. The first-order valence-electron chi connectivity index (χ1n) is 32.7. The molecule has 77 heavy (non-hydrogen) atoms. The van der Waals surface area contributed by atoms with Crippen molar-refractivity contribution in [3.8, 4) is 0 Å². The van der Waals surface area contributed by atoms with E-state index in [1.807, 2.05) is 0 Å². The second-order valence-corrected chi connectivity index (χ2v) is 21.6. The topological polar surface area (TPSA) is 78.9 Å². The average Bonchev–Trinajstić information content (AvgIpc) is 3.43. The van der Waals surface area contributed by atoms with Crippen molar-refractivity contribution >= 4 is 17.9 Å². The van der Waals surface area contributed by atoms with E-state index in [2.05, 4.69) is 118 Å². The van der Waals surface area contributed by atoms with Crippen LogP contribution in [0.1, 0.15) is 316 Å². The van der Waals surface area contributed by atoms with Crippen molar-refractivity contribution in [2.24, 2.45) is 0 Å². The summed E-state index contributed by atoms with van der Waals surface area (Å²) >= 11 is 0. The number of hydrogen-bond donors (Lipinski definition) is 0.